The van der Waals surface area contributed by atoms with Gasteiger partial charge in [0.05, 0.1) is 6.10 Å². The van der Waals surface area contributed by atoms with Crippen LogP contribution in [0, 0.1) is 5.41 Å². The summed E-state index contributed by atoms with van der Waals surface area (Å²) in [5.41, 5.74) is -0.0687. The van der Waals surface area contributed by atoms with Gasteiger partial charge in [-0.3, -0.25) is 0 Å². The van der Waals surface area contributed by atoms with Crippen molar-refractivity contribution in [3.8, 4) is 0 Å². The monoisotopic (exact) mass is 271 g/mol. The number of hydrogen-bond donors (Lipinski definition) is 1. The molecular weight excluding hydrogens is 250 g/mol. The van der Waals surface area contributed by atoms with Crippen LogP contribution in [0.15, 0.2) is 0 Å². The van der Waals surface area contributed by atoms with E-state index in [1.807, 2.05) is 20.8 Å². The van der Waals surface area contributed by atoms with Gasteiger partial charge in [0.25, 0.3) is 0 Å². The summed E-state index contributed by atoms with van der Waals surface area (Å²) in [6.45, 7) is 5.44. The van der Waals surface area contributed by atoms with E-state index in [1.54, 1.807) is 0 Å². The Morgan fingerprint density at radius 2 is 2.00 bits per heavy atom. The van der Waals surface area contributed by atoms with Gasteiger partial charge in [-0.1, -0.05) is 20.8 Å². The lowest BCUT2D eigenvalue weighted by Crippen LogP contribution is -2.47. The summed E-state index contributed by atoms with van der Waals surface area (Å²) in [6.07, 6.45) is -2.66. The first kappa shape index (κ1) is 15.7. The van der Waals surface area contributed by atoms with E-state index < -0.39 is 25.1 Å². The van der Waals surface area contributed by atoms with Crippen LogP contribution in [0.4, 0.5) is 17.6 Å². The maximum atomic E-state index is 12.8. The van der Waals surface area contributed by atoms with Crippen LogP contribution in [-0.2, 0) is 4.74 Å². The fourth-order valence-electron chi connectivity index (χ4n) is 2.43. The second-order valence-corrected chi connectivity index (χ2v) is 5.47. The van der Waals surface area contributed by atoms with Crippen LogP contribution in [0.2, 0.25) is 0 Å². The quantitative estimate of drug-likeness (QED) is 0.750. The molecule has 0 heterocycles. The van der Waals surface area contributed by atoms with Gasteiger partial charge in [-0.15, -0.1) is 0 Å². The molecule has 1 fully saturated rings. The maximum Gasteiger partial charge on any atom is 0.330 e. The van der Waals surface area contributed by atoms with Gasteiger partial charge in [-0.05, 0) is 24.8 Å². The number of likely N-dealkylation sites (N-methyl/N-ethyl adjacent to an activating group) is 1. The van der Waals surface area contributed by atoms with Gasteiger partial charge >= 0.3 is 12.3 Å². The lowest BCUT2D eigenvalue weighted by molar-refractivity contribution is -0.178. The average molecular weight is 271 g/mol. The Hall–Kier alpha value is -0.360. The van der Waals surface area contributed by atoms with E-state index in [-0.39, 0.29) is 11.5 Å². The highest BCUT2D eigenvalue weighted by Gasteiger charge is 2.46. The van der Waals surface area contributed by atoms with Gasteiger partial charge in [0.15, 0.2) is 0 Å². The summed E-state index contributed by atoms with van der Waals surface area (Å²) in [5, 5.41) is 3.19. The van der Waals surface area contributed by atoms with Crippen LogP contribution >= 0.6 is 0 Å². The minimum Gasteiger partial charge on any atom is -0.370 e. The predicted molar refractivity (Wildman–Crippen MR) is 61.2 cm³/mol. The van der Waals surface area contributed by atoms with Gasteiger partial charge in [0, 0.05) is 6.04 Å². The molecule has 0 aromatic heterocycles. The third-order valence-electron chi connectivity index (χ3n) is 3.52. The Morgan fingerprint density at radius 1 is 1.39 bits per heavy atom. The molecule has 0 spiro atoms. The molecule has 1 aliphatic carbocycles. The normalized spacial score (nSPS) is 28.0. The van der Waals surface area contributed by atoms with Crippen LogP contribution in [-0.4, -0.2) is 37.6 Å². The molecule has 0 bridgehead atoms. The van der Waals surface area contributed by atoms with Crippen molar-refractivity contribution in [1.29, 1.82) is 0 Å². The van der Waals surface area contributed by atoms with Crippen molar-refractivity contribution in [3.63, 3.8) is 0 Å². The first-order valence-electron chi connectivity index (χ1n) is 6.21. The van der Waals surface area contributed by atoms with E-state index in [0.717, 1.165) is 6.42 Å². The Balaban J connectivity index is 2.57. The van der Waals surface area contributed by atoms with E-state index in [1.165, 1.54) is 0 Å². The number of hydrogen-bond acceptors (Lipinski definition) is 2. The summed E-state index contributed by atoms with van der Waals surface area (Å²) in [4.78, 5) is 0. The van der Waals surface area contributed by atoms with E-state index in [0.29, 0.717) is 13.0 Å². The van der Waals surface area contributed by atoms with Gasteiger partial charge in [0.2, 0.25) is 0 Å². The Kier molecular flexibility index (Phi) is 5.00. The summed E-state index contributed by atoms with van der Waals surface area (Å²) < 4.78 is 54.7. The maximum absolute atomic E-state index is 12.8. The Labute approximate surface area is 105 Å². The van der Waals surface area contributed by atoms with Crippen molar-refractivity contribution >= 4 is 0 Å². The van der Waals surface area contributed by atoms with Crippen molar-refractivity contribution in [2.45, 2.75) is 58.1 Å². The molecule has 1 N–H and O–H groups in total. The molecule has 2 nitrogen and oxygen atoms in total. The summed E-state index contributed by atoms with van der Waals surface area (Å²) >= 11 is 0. The second kappa shape index (κ2) is 5.74. The molecule has 2 unspecified atom stereocenters. The smallest absolute Gasteiger partial charge is 0.330 e. The van der Waals surface area contributed by atoms with Crippen LogP contribution < -0.4 is 5.32 Å². The number of rotatable bonds is 6. The van der Waals surface area contributed by atoms with Crippen molar-refractivity contribution < 1.29 is 22.3 Å². The molecule has 0 aliphatic heterocycles. The predicted octanol–water partition coefficient (Wildman–Crippen LogP) is 3.07. The highest BCUT2D eigenvalue weighted by molar-refractivity contribution is 4.97. The van der Waals surface area contributed by atoms with Crippen LogP contribution in [0.5, 0.6) is 0 Å². The van der Waals surface area contributed by atoms with E-state index in [9.17, 15) is 17.6 Å². The van der Waals surface area contributed by atoms with Gasteiger partial charge in [0.1, 0.15) is 6.61 Å². The number of alkyl halides is 4. The molecule has 0 aromatic rings. The largest absolute Gasteiger partial charge is 0.370 e. The zero-order valence-corrected chi connectivity index (χ0v) is 11.0. The summed E-state index contributed by atoms with van der Waals surface area (Å²) in [6, 6.07) is -0.0732. The standard InChI is InChI=1S/C12H21F4NO/c1-4-17-9-8(5-6-11(9,2)3)18-7-12(15,16)10(13)14/h8-10,17H,4-7H2,1-3H3. The second-order valence-electron chi connectivity index (χ2n) is 5.47. The van der Waals surface area contributed by atoms with Crippen LogP contribution in [0.25, 0.3) is 0 Å². The Bertz CT molecular complexity index is 271. The zero-order valence-electron chi connectivity index (χ0n) is 11.0. The number of nitrogens with one attached hydrogen (secondary N) is 1. The molecule has 1 aliphatic rings. The van der Waals surface area contributed by atoms with Crippen LogP contribution in [0.1, 0.15) is 33.6 Å². The van der Waals surface area contributed by atoms with Crippen molar-refractivity contribution in [1.82, 2.24) is 5.32 Å². The van der Waals surface area contributed by atoms with Crippen molar-refractivity contribution in [2.24, 2.45) is 5.41 Å². The van der Waals surface area contributed by atoms with Gasteiger partial charge in [-0.25, -0.2) is 8.78 Å². The minimum atomic E-state index is -4.07. The highest BCUT2D eigenvalue weighted by atomic mass is 19.3. The third kappa shape index (κ3) is 3.57. The van der Waals surface area contributed by atoms with Crippen molar-refractivity contribution in [3.05, 3.63) is 0 Å². The molecule has 0 radical (unpaired) electrons. The lowest BCUT2D eigenvalue weighted by Gasteiger charge is -2.31. The van der Waals surface area contributed by atoms with Crippen LogP contribution in [0.3, 0.4) is 0 Å². The first-order chi connectivity index (χ1) is 8.20. The summed E-state index contributed by atoms with van der Waals surface area (Å²) in [7, 11) is 0. The Morgan fingerprint density at radius 3 is 2.50 bits per heavy atom. The minimum absolute atomic E-state index is 0.0687. The molecular formula is C12H21F4NO. The number of ether oxygens (including phenoxy) is 1. The SMILES string of the molecule is CCNC1C(OCC(F)(F)C(F)F)CCC1(C)C. The van der Waals surface area contributed by atoms with Crippen molar-refractivity contribution in [2.75, 3.05) is 13.2 Å². The molecule has 2 atom stereocenters. The topological polar surface area (TPSA) is 21.3 Å². The molecule has 1 saturated carbocycles. The molecule has 0 amide bonds. The fraction of sp³-hybridized carbons (Fsp3) is 1.00. The number of halogens is 4. The first-order valence-corrected chi connectivity index (χ1v) is 6.21. The molecule has 6 heteroatoms. The molecule has 1 rings (SSSR count). The van der Waals surface area contributed by atoms with E-state index in [2.05, 4.69) is 5.32 Å². The average Bonchev–Trinajstić information content (AvgIpc) is 2.53. The fourth-order valence-corrected chi connectivity index (χ4v) is 2.43. The molecule has 0 saturated heterocycles. The highest BCUT2D eigenvalue weighted by Crippen LogP contribution is 2.39. The van der Waals surface area contributed by atoms with E-state index >= 15 is 0 Å². The lowest BCUT2D eigenvalue weighted by atomic mass is 9.87. The molecule has 18 heavy (non-hydrogen) atoms. The molecule has 0 aromatic carbocycles. The summed E-state index contributed by atoms with van der Waals surface area (Å²) in [5.74, 6) is -4.07. The van der Waals surface area contributed by atoms with E-state index in [4.69, 9.17) is 4.74 Å². The zero-order chi connectivity index (χ0) is 14.0. The molecule has 108 valence electrons. The van der Waals surface area contributed by atoms with Gasteiger partial charge in [-0.2, -0.15) is 8.78 Å². The third-order valence-corrected chi connectivity index (χ3v) is 3.52. The van der Waals surface area contributed by atoms with Gasteiger partial charge < -0.3 is 10.1 Å².